The first-order valence-corrected chi connectivity index (χ1v) is 12.5. The number of carbonyl (C=O) groups is 2. The Kier molecular flexibility index (Phi) is 7.07. The van der Waals surface area contributed by atoms with Gasteiger partial charge in [-0.2, -0.15) is 0 Å². The van der Waals surface area contributed by atoms with Gasteiger partial charge in [-0.05, 0) is 59.1 Å². The molecule has 2 aliphatic rings. The second kappa shape index (κ2) is 9.75. The maximum Gasteiger partial charge on any atom is 0.323 e. The fourth-order valence-corrected chi connectivity index (χ4v) is 5.26. The van der Waals surface area contributed by atoms with Crippen LogP contribution in [0.4, 0.5) is 0 Å². The smallest absolute Gasteiger partial charge is 0.323 e. The van der Waals surface area contributed by atoms with Gasteiger partial charge in [-0.25, -0.2) is 0 Å². The van der Waals surface area contributed by atoms with Crippen molar-refractivity contribution in [2.75, 3.05) is 6.54 Å². The summed E-state index contributed by atoms with van der Waals surface area (Å²) in [5, 5.41) is 0. The molecule has 2 aromatic carbocycles. The summed E-state index contributed by atoms with van der Waals surface area (Å²) in [6.45, 7) is 12.7. The van der Waals surface area contributed by atoms with E-state index in [-0.39, 0.29) is 24.1 Å². The monoisotopic (exact) mass is 478 g/mol. The second-order valence-corrected chi connectivity index (χ2v) is 11.6. The molecule has 0 amide bonds. The highest BCUT2D eigenvalue weighted by molar-refractivity contribution is 5.81. The van der Waals surface area contributed by atoms with Gasteiger partial charge in [0, 0.05) is 19.1 Å². The number of nitrogens with zero attached hydrogens (tertiary/aromatic N) is 2. The maximum absolute atomic E-state index is 13.5. The molecule has 0 aromatic heterocycles. The van der Waals surface area contributed by atoms with Gasteiger partial charge in [0.1, 0.15) is 17.2 Å². The molecule has 4 atom stereocenters. The Balaban J connectivity index is 1.74. The number of rotatable bonds is 5. The summed E-state index contributed by atoms with van der Waals surface area (Å²) in [7, 11) is 0. The fourth-order valence-electron chi connectivity index (χ4n) is 5.26. The number of benzene rings is 2. The van der Waals surface area contributed by atoms with Gasteiger partial charge in [0.05, 0.1) is 12.1 Å². The summed E-state index contributed by atoms with van der Waals surface area (Å²) in [4.78, 5) is 31.5. The van der Waals surface area contributed by atoms with Crippen LogP contribution in [0, 0.1) is 5.92 Å². The highest BCUT2D eigenvalue weighted by atomic mass is 16.6. The number of fused-ring (bicyclic) bond motifs is 1. The summed E-state index contributed by atoms with van der Waals surface area (Å²) >= 11 is 0. The van der Waals surface area contributed by atoms with E-state index in [1.54, 1.807) is 0 Å². The van der Waals surface area contributed by atoms with Crippen molar-refractivity contribution in [3.63, 3.8) is 0 Å². The highest BCUT2D eigenvalue weighted by Crippen LogP contribution is 2.46. The van der Waals surface area contributed by atoms with Crippen molar-refractivity contribution in [2.24, 2.45) is 5.92 Å². The SMILES string of the molecule is CC(C)(C)OC(=O)[C@@H]1C[C@@H](C(=O)OC(C)(C)C)N2[C@@H](c3ccccc3)CN(Cc3ccccc3)[C@H]12. The van der Waals surface area contributed by atoms with Crippen LogP contribution in [-0.2, 0) is 25.6 Å². The Bertz CT molecular complexity index is 1030. The molecule has 35 heavy (non-hydrogen) atoms. The summed E-state index contributed by atoms with van der Waals surface area (Å²) in [5.74, 6) is -0.995. The van der Waals surface area contributed by atoms with Crippen LogP contribution in [0.2, 0.25) is 0 Å². The highest BCUT2D eigenvalue weighted by Gasteiger charge is 2.58. The minimum absolute atomic E-state index is 0.0325. The third-order valence-electron chi connectivity index (χ3n) is 6.45. The summed E-state index contributed by atoms with van der Waals surface area (Å²) < 4.78 is 11.7. The van der Waals surface area contributed by atoms with Crippen molar-refractivity contribution in [2.45, 2.75) is 84.0 Å². The summed E-state index contributed by atoms with van der Waals surface area (Å²) in [5.41, 5.74) is 1.09. The van der Waals surface area contributed by atoms with Gasteiger partial charge in [0.2, 0.25) is 0 Å². The van der Waals surface area contributed by atoms with Crippen molar-refractivity contribution >= 4 is 11.9 Å². The first kappa shape index (κ1) is 25.4. The van der Waals surface area contributed by atoms with Crippen LogP contribution in [0.3, 0.4) is 0 Å². The van der Waals surface area contributed by atoms with Crippen LogP contribution >= 0.6 is 0 Å². The molecule has 0 spiro atoms. The van der Waals surface area contributed by atoms with E-state index in [9.17, 15) is 9.59 Å². The Morgan fingerprint density at radius 3 is 1.94 bits per heavy atom. The fraction of sp³-hybridized carbons (Fsp3) is 0.517. The summed E-state index contributed by atoms with van der Waals surface area (Å²) in [6, 6.07) is 19.9. The molecule has 0 saturated carbocycles. The topological polar surface area (TPSA) is 59.1 Å². The van der Waals surface area contributed by atoms with E-state index in [1.165, 1.54) is 5.56 Å². The zero-order chi connectivity index (χ0) is 25.4. The minimum Gasteiger partial charge on any atom is -0.460 e. The average Bonchev–Trinajstić information content (AvgIpc) is 3.32. The molecule has 2 aliphatic heterocycles. The molecule has 2 saturated heterocycles. The van der Waals surface area contributed by atoms with E-state index < -0.39 is 23.2 Å². The predicted molar refractivity (Wildman–Crippen MR) is 135 cm³/mol. The number of hydrogen-bond acceptors (Lipinski definition) is 6. The molecule has 0 unspecified atom stereocenters. The lowest BCUT2D eigenvalue weighted by Crippen LogP contribution is -2.46. The third-order valence-corrected chi connectivity index (χ3v) is 6.45. The van der Waals surface area contributed by atoms with E-state index in [1.807, 2.05) is 77.9 Å². The molecule has 2 fully saturated rings. The Hall–Kier alpha value is -2.70. The van der Waals surface area contributed by atoms with Gasteiger partial charge < -0.3 is 9.47 Å². The van der Waals surface area contributed by atoms with E-state index >= 15 is 0 Å². The molecule has 0 radical (unpaired) electrons. The van der Waals surface area contributed by atoms with Crippen LogP contribution in [0.25, 0.3) is 0 Å². The number of esters is 2. The summed E-state index contributed by atoms with van der Waals surface area (Å²) in [6.07, 6.45) is 0.121. The number of carbonyl (C=O) groups excluding carboxylic acids is 2. The molecule has 6 nitrogen and oxygen atoms in total. The first-order valence-electron chi connectivity index (χ1n) is 12.5. The van der Waals surface area contributed by atoms with Crippen LogP contribution < -0.4 is 0 Å². The van der Waals surface area contributed by atoms with Crippen LogP contribution in [0.1, 0.15) is 65.1 Å². The van der Waals surface area contributed by atoms with E-state index in [0.29, 0.717) is 19.5 Å². The first-order chi connectivity index (χ1) is 16.4. The molecule has 6 heteroatoms. The predicted octanol–water partition coefficient (Wildman–Crippen LogP) is 4.94. The molecular weight excluding hydrogens is 440 g/mol. The van der Waals surface area contributed by atoms with E-state index in [2.05, 4.69) is 34.1 Å². The standard InChI is InChI=1S/C29H38N2O4/c1-28(2,3)34-26(32)22-17-23(27(33)35-29(4,5)6)31-24(21-15-11-8-12-16-21)19-30(25(22)31)18-20-13-9-7-10-14-20/h7-16,22-25H,17-19H2,1-6H3/t22-,23+,24-,25+/m1/s1. The lowest BCUT2D eigenvalue weighted by atomic mass is 10.00. The maximum atomic E-state index is 13.5. The molecule has 0 N–H and O–H groups in total. The van der Waals surface area contributed by atoms with Gasteiger partial charge in [-0.3, -0.25) is 19.4 Å². The zero-order valence-corrected chi connectivity index (χ0v) is 21.7. The normalized spacial score (nSPS) is 25.3. The third kappa shape index (κ3) is 5.93. The lowest BCUT2D eigenvalue weighted by molar-refractivity contribution is -0.163. The lowest BCUT2D eigenvalue weighted by Gasteiger charge is -2.32. The van der Waals surface area contributed by atoms with E-state index in [4.69, 9.17) is 9.47 Å². The number of ether oxygens (including phenoxy) is 2. The van der Waals surface area contributed by atoms with E-state index in [0.717, 1.165) is 5.56 Å². The van der Waals surface area contributed by atoms with Gasteiger partial charge >= 0.3 is 11.9 Å². The van der Waals surface area contributed by atoms with Crippen LogP contribution in [0.5, 0.6) is 0 Å². The van der Waals surface area contributed by atoms with Crippen molar-refractivity contribution in [3.8, 4) is 0 Å². The van der Waals surface area contributed by atoms with Gasteiger partial charge in [0.25, 0.3) is 0 Å². The Labute approximate surface area is 209 Å². The molecular formula is C29H38N2O4. The Morgan fingerprint density at radius 2 is 1.37 bits per heavy atom. The van der Waals surface area contributed by atoms with Gasteiger partial charge in [0.15, 0.2) is 0 Å². The quantitative estimate of drug-likeness (QED) is 0.567. The number of hydrogen-bond donors (Lipinski definition) is 0. The van der Waals surface area contributed by atoms with Gasteiger partial charge in [-0.1, -0.05) is 60.7 Å². The molecule has 2 aromatic rings. The van der Waals surface area contributed by atoms with Crippen molar-refractivity contribution < 1.29 is 19.1 Å². The molecule has 2 heterocycles. The van der Waals surface area contributed by atoms with Crippen molar-refractivity contribution in [1.82, 2.24) is 9.80 Å². The van der Waals surface area contributed by atoms with Crippen LogP contribution in [0.15, 0.2) is 60.7 Å². The van der Waals surface area contributed by atoms with Crippen molar-refractivity contribution in [1.29, 1.82) is 0 Å². The molecule has 188 valence electrons. The Morgan fingerprint density at radius 1 is 0.829 bits per heavy atom. The molecule has 4 rings (SSSR count). The second-order valence-electron chi connectivity index (χ2n) is 11.6. The molecule has 0 aliphatic carbocycles. The molecule has 0 bridgehead atoms. The average molecular weight is 479 g/mol. The van der Waals surface area contributed by atoms with Crippen molar-refractivity contribution in [3.05, 3.63) is 71.8 Å². The largest absolute Gasteiger partial charge is 0.460 e. The van der Waals surface area contributed by atoms with Gasteiger partial charge in [-0.15, -0.1) is 0 Å². The minimum atomic E-state index is -0.609. The van der Waals surface area contributed by atoms with Crippen LogP contribution in [-0.4, -0.2) is 51.7 Å². The zero-order valence-electron chi connectivity index (χ0n) is 21.7.